The van der Waals surface area contributed by atoms with Crippen LogP contribution >= 0.6 is 0 Å². The molecule has 0 spiro atoms. The van der Waals surface area contributed by atoms with Crippen molar-refractivity contribution in [3.63, 3.8) is 0 Å². The highest BCUT2D eigenvalue weighted by Gasteiger charge is 2.28. The van der Waals surface area contributed by atoms with Gasteiger partial charge >= 0.3 is 6.03 Å². The first-order valence-corrected chi connectivity index (χ1v) is 8.06. The average molecular weight is 327 g/mol. The molecule has 2 atom stereocenters. The molecular formula is C17H21N5O2. The Morgan fingerprint density at radius 1 is 1.33 bits per heavy atom. The molecule has 1 aliphatic rings. The molecule has 0 aromatic carbocycles. The molecule has 0 aliphatic carbocycles. The predicted molar refractivity (Wildman–Crippen MR) is 88.1 cm³/mol. The summed E-state index contributed by atoms with van der Waals surface area (Å²) in [4.78, 5) is 24.4. The summed E-state index contributed by atoms with van der Waals surface area (Å²) in [6.07, 6.45) is 6.64. The zero-order valence-corrected chi connectivity index (χ0v) is 13.6. The number of aromatic nitrogens is 3. The Morgan fingerprint density at radius 3 is 2.96 bits per heavy atom. The summed E-state index contributed by atoms with van der Waals surface area (Å²) in [5.41, 5.74) is 2.69. The van der Waals surface area contributed by atoms with Gasteiger partial charge in [-0.3, -0.25) is 4.98 Å². The van der Waals surface area contributed by atoms with Gasteiger partial charge in [-0.25, -0.2) is 14.8 Å². The maximum Gasteiger partial charge on any atom is 0.315 e. The second-order valence-corrected chi connectivity index (χ2v) is 5.80. The van der Waals surface area contributed by atoms with Gasteiger partial charge in [0.15, 0.2) is 0 Å². The first-order chi connectivity index (χ1) is 11.7. The third-order valence-corrected chi connectivity index (χ3v) is 3.96. The van der Waals surface area contributed by atoms with Gasteiger partial charge in [0, 0.05) is 24.7 Å². The smallest absolute Gasteiger partial charge is 0.315 e. The molecule has 1 aliphatic heterocycles. The molecule has 7 heteroatoms. The van der Waals surface area contributed by atoms with Crippen molar-refractivity contribution in [3.05, 3.63) is 53.9 Å². The van der Waals surface area contributed by atoms with Crippen LogP contribution in [0.2, 0.25) is 0 Å². The lowest BCUT2D eigenvalue weighted by molar-refractivity contribution is -0.00747. The molecule has 0 bridgehead atoms. The Balaban J connectivity index is 1.57. The number of carbonyl (C=O) groups excluding carboxylic acids is 1. The van der Waals surface area contributed by atoms with E-state index in [1.165, 1.54) is 6.33 Å². The summed E-state index contributed by atoms with van der Waals surface area (Å²) in [6.45, 7) is 2.96. The molecule has 2 amide bonds. The number of nitrogens with one attached hydrogen (secondary N) is 2. The zero-order valence-electron chi connectivity index (χ0n) is 13.6. The van der Waals surface area contributed by atoms with E-state index in [2.05, 4.69) is 25.6 Å². The Labute approximate surface area is 140 Å². The molecule has 126 valence electrons. The number of nitrogens with zero attached hydrogens (tertiary/aromatic N) is 3. The highest BCUT2D eigenvalue weighted by Crippen LogP contribution is 2.27. The van der Waals surface area contributed by atoms with Crippen LogP contribution in [0.15, 0.2) is 36.9 Å². The monoisotopic (exact) mass is 327 g/mol. The van der Waals surface area contributed by atoms with E-state index in [9.17, 15) is 4.79 Å². The van der Waals surface area contributed by atoms with Crippen LogP contribution in [0.1, 0.15) is 35.9 Å². The first kappa shape index (κ1) is 16.3. The van der Waals surface area contributed by atoms with Crippen LogP contribution in [0.3, 0.4) is 0 Å². The van der Waals surface area contributed by atoms with Gasteiger partial charge in [0.2, 0.25) is 0 Å². The summed E-state index contributed by atoms with van der Waals surface area (Å²) in [5.74, 6) is 0. The molecule has 0 saturated carbocycles. The van der Waals surface area contributed by atoms with Crippen molar-refractivity contribution in [1.29, 1.82) is 0 Å². The maximum atomic E-state index is 12.2. The number of rotatable bonds is 4. The van der Waals surface area contributed by atoms with Crippen LogP contribution in [-0.4, -0.2) is 33.6 Å². The van der Waals surface area contributed by atoms with Crippen molar-refractivity contribution >= 4 is 6.03 Å². The maximum absolute atomic E-state index is 12.2. The van der Waals surface area contributed by atoms with Gasteiger partial charge < -0.3 is 15.4 Å². The molecule has 3 heterocycles. The third-order valence-electron chi connectivity index (χ3n) is 3.96. The van der Waals surface area contributed by atoms with Crippen LogP contribution < -0.4 is 10.6 Å². The van der Waals surface area contributed by atoms with Gasteiger partial charge in [-0.05, 0) is 43.5 Å². The minimum absolute atomic E-state index is 0.0618. The Kier molecular flexibility index (Phi) is 5.32. The minimum Gasteiger partial charge on any atom is -0.371 e. The highest BCUT2D eigenvalue weighted by atomic mass is 16.5. The Bertz CT molecular complexity index is 680. The fraction of sp³-hybridized carbons (Fsp3) is 0.412. The number of amides is 2. The molecule has 7 nitrogen and oxygen atoms in total. The first-order valence-electron chi connectivity index (χ1n) is 8.06. The topological polar surface area (TPSA) is 89.0 Å². The number of urea groups is 1. The normalized spacial score (nSPS) is 20.4. The van der Waals surface area contributed by atoms with Gasteiger partial charge in [0.25, 0.3) is 0 Å². The van der Waals surface area contributed by atoms with E-state index in [0.717, 1.165) is 29.8 Å². The van der Waals surface area contributed by atoms with Crippen molar-refractivity contribution in [1.82, 2.24) is 25.6 Å². The molecule has 24 heavy (non-hydrogen) atoms. The Hall–Kier alpha value is -2.54. The molecule has 2 aromatic rings. The number of pyridine rings is 1. The second kappa shape index (κ2) is 7.83. The number of carbonyl (C=O) groups is 1. The summed E-state index contributed by atoms with van der Waals surface area (Å²) < 4.78 is 5.87. The third kappa shape index (κ3) is 4.26. The standard InChI is InChI=1S/C17H21N5O2/c1-12-9-14(21-11-20-12)10-19-17(23)22-15-3-2-8-24-16(15)13-4-6-18-7-5-13/h4-7,9,11,15-16H,2-3,8,10H2,1H3,(H2,19,22,23)/t15-,16+/m0/s1. The van der Waals surface area contributed by atoms with E-state index in [1.807, 2.05) is 25.1 Å². The summed E-state index contributed by atoms with van der Waals surface area (Å²) in [5, 5.41) is 5.85. The lowest BCUT2D eigenvalue weighted by Crippen LogP contribution is -2.47. The van der Waals surface area contributed by atoms with Gasteiger partial charge in [-0.2, -0.15) is 0 Å². The van der Waals surface area contributed by atoms with Crippen molar-refractivity contribution in [2.45, 2.75) is 38.5 Å². The molecule has 0 radical (unpaired) electrons. The van der Waals surface area contributed by atoms with E-state index in [4.69, 9.17) is 4.74 Å². The molecule has 2 aromatic heterocycles. The number of hydrogen-bond donors (Lipinski definition) is 2. The zero-order chi connectivity index (χ0) is 16.8. The van der Waals surface area contributed by atoms with E-state index < -0.39 is 0 Å². The summed E-state index contributed by atoms with van der Waals surface area (Å²) >= 11 is 0. The Morgan fingerprint density at radius 2 is 2.17 bits per heavy atom. The largest absolute Gasteiger partial charge is 0.371 e. The molecule has 3 rings (SSSR count). The predicted octanol–water partition coefficient (Wildman–Crippen LogP) is 1.90. The highest BCUT2D eigenvalue weighted by molar-refractivity contribution is 5.74. The van der Waals surface area contributed by atoms with E-state index >= 15 is 0 Å². The van der Waals surface area contributed by atoms with E-state index in [-0.39, 0.29) is 18.2 Å². The number of hydrogen-bond acceptors (Lipinski definition) is 5. The number of ether oxygens (including phenoxy) is 1. The van der Waals surface area contributed by atoms with Gasteiger partial charge in [0.1, 0.15) is 12.4 Å². The fourth-order valence-electron chi connectivity index (χ4n) is 2.81. The average Bonchev–Trinajstić information content (AvgIpc) is 2.61. The van der Waals surface area contributed by atoms with E-state index in [1.54, 1.807) is 12.4 Å². The van der Waals surface area contributed by atoms with Crippen LogP contribution in [0.4, 0.5) is 4.79 Å². The molecular weight excluding hydrogens is 306 g/mol. The van der Waals surface area contributed by atoms with Gasteiger partial charge in [0.05, 0.1) is 18.3 Å². The van der Waals surface area contributed by atoms with Gasteiger partial charge in [-0.15, -0.1) is 0 Å². The SMILES string of the molecule is Cc1cc(CNC(=O)N[C@H]2CCCO[C@@H]2c2ccncc2)ncn1. The molecule has 0 unspecified atom stereocenters. The molecule has 1 saturated heterocycles. The van der Waals surface area contributed by atoms with Crippen molar-refractivity contribution in [2.75, 3.05) is 6.61 Å². The second-order valence-electron chi connectivity index (χ2n) is 5.80. The summed E-state index contributed by atoms with van der Waals surface area (Å²) in [6, 6.07) is 5.41. The molecule has 1 fully saturated rings. The van der Waals surface area contributed by atoms with Crippen LogP contribution in [0.5, 0.6) is 0 Å². The summed E-state index contributed by atoms with van der Waals surface area (Å²) in [7, 11) is 0. The minimum atomic E-state index is -0.221. The van der Waals surface area contributed by atoms with Crippen molar-refractivity contribution < 1.29 is 9.53 Å². The van der Waals surface area contributed by atoms with Crippen LogP contribution in [-0.2, 0) is 11.3 Å². The van der Waals surface area contributed by atoms with Crippen LogP contribution in [0.25, 0.3) is 0 Å². The van der Waals surface area contributed by atoms with Crippen molar-refractivity contribution in [3.8, 4) is 0 Å². The lowest BCUT2D eigenvalue weighted by Gasteiger charge is -2.32. The fourth-order valence-corrected chi connectivity index (χ4v) is 2.81. The lowest BCUT2D eigenvalue weighted by atomic mass is 9.97. The molecule has 2 N–H and O–H groups in total. The quantitative estimate of drug-likeness (QED) is 0.895. The van der Waals surface area contributed by atoms with Crippen LogP contribution in [0, 0.1) is 6.92 Å². The van der Waals surface area contributed by atoms with Gasteiger partial charge in [-0.1, -0.05) is 0 Å². The number of aryl methyl sites for hydroxylation is 1. The van der Waals surface area contributed by atoms with E-state index in [0.29, 0.717) is 13.2 Å². The van der Waals surface area contributed by atoms with Crippen molar-refractivity contribution in [2.24, 2.45) is 0 Å².